The van der Waals surface area contributed by atoms with E-state index >= 15 is 0 Å². The maximum atomic E-state index is 13.0. The van der Waals surface area contributed by atoms with E-state index in [0.29, 0.717) is 17.4 Å². The Bertz CT molecular complexity index is 1320. The minimum atomic E-state index is -4.60. The lowest BCUT2D eigenvalue weighted by Crippen LogP contribution is -2.45. The number of nitrogens with one attached hydrogen (secondary N) is 1. The number of nitrogens with zero attached hydrogens (tertiary/aromatic N) is 1. The average molecular weight is 1080 g/mol. The number of aliphatic hydroxyl groups is 1. The van der Waals surface area contributed by atoms with Crippen molar-refractivity contribution in [2.45, 2.75) is 341 Å². The van der Waals surface area contributed by atoms with E-state index in [0.717, 1.165) is 44.9 Å². The van der Waals surface area contributed by atoms with Crippen molar-refractivity contribution in [3.05, 3.63) is 36.5 Å². The number of aliphatic hydroxyl groups excluding tert-OH is 1. The van der Waals surface area contributed by atoms with Gasteiger partial charge in [0.05, 0.1) is 39.9 Å². The summed E-state index contributed by atoms with van der Waals surface area (Å²) < 4.78 is 23.4. The first-order valence-electron chi connectivity index (χ1n) is 32.9. The van der Waals surface area contributed by atoms with Gasteiger partial charge in [0, 0.05) is 6.42 Å². The van der Waals surface area contributed by atoms with Gasteiger partial charge in [-0.05, 0) is 51.4 Å². The first-order chi connectivity index (χ1) is 36.5. The second-order valence-corrected chi connectivity index (χ2v) is 25.2. The molecule has 444 valence electrons. The molecule has 0 aliphatic carbocycles. The molecule has 8 nitrogen and oxygen atoms in total. The van der Waals surface area contributed by atoms with Gasteiger partial charge in [-0.2, -0.15) is 0 Å². The number of carbonyl (C=O) groups excluding carboxylic acids is 1. The number of phosphoric ester groups is 1. The molecule has 0 bridgehead atoms. The fourth-order valence-electron chi connectivity index (χ4n) is 9.95. The summed E-state index contributed by atoms with van der Waals surface area (Å²) in [6.45, 7) is 4.69. The second-order valence-electron chi connectivity index (χ2n) is 23.8. The maximum absolute atomic E-state index is 13.0. The molecule has 9 heteroatoms. The fourth-order valence-corrected chi connectivity index (χ4v) is 10.7. The van der Waals surface area contributed by atoms with Crippen LogP contribution in [0.3, 0.4) is 0 Å². The lowest BCUT2D eigenvalue weighted by Gasteiger charge is -2.29. The predicted octanol–water partition coefficient (Wildman–Crippen LogP) is 19.9. The monoisotopic (exact) mass is 1080 g/mol. The number of unbranched alkanes of at least 4 members (excludes halogenated alkanes) is 44. The Morgan fingerprint density at radius 1 is 0.467 bits per heavy atom. The molecular weight excluding hydrogens is 948 g/mol. The van der Waals surface area contributed by atoms with E-state index in [1.807, 2.05) is 27.2 Å². The number of hydrogen-bond acceptors (Lipinski definition) is 6. The smallest absolute Gasteiger partial charge is 0.268 e. The third-order valence-corrected chi connectivity index (χ3v) is 16.1. The SMILES string of the molecule is CCCCCCC/C=C\C/C=C\CCCCCCCCCCCCCCCCCCCCCCCC(=O)NC(COP(=O)([O-])OCC[N+](C)(C)C)C(O)/C=C/CCCCCCCCCCCCCCCCCCCC. The van der Waals surface area contributed by atoms with Crippen molar-refractivity contribution in [1.82, 2.24) is 5.32 Å². The zero-order valence-electron chi connectivity index (χ0n) is 50.8. The Balaban J connectivity index is 4.03. The largest absolute Gasteiger partial charge is 0.756 e. The van der Waals surface area contributed by atoms with Crippen LogP contribution in [0.15, 0.2) is 36.5 Å². The van der Waals surface area contributed by atoms with E-state index in [4.69, 9.17) is 9.05 Å². The molecule has 0 heterocycles. The summed E-state index contributed by atoms with van der Waals surface area (Å²) in [6.07, 6.45) is 75.3. The van der Waals surface area contributed by atoms with E-state index in [1.54, 1.807) is 6.08 Å². The predicted molar refractivity (Wildman–Crippen MR) is 325 cm³/mol. The molecule has 0 aromatic carbocycles. The number of allylic oxidation sites excluding steroid dienone is 5. The Labute approximate surface area is 467 Å². The highest BCUT2D eigenvalue weighted by Gasteiger charge is 2.23. The summed E-state index contributed by atoms with van der Waals surface area (Å²) in [4.78, 5) is 25.6. The van der Waals surface area contributed by atoms with Gasteiger partial charge in [0.2, 0.25) is 5.91 Å². The van der Waals surface area contributed by atoms with E-state index in [9.17, 15) is 19.4 Å². The number of quaternary nitrogens is 1. The molecular formula is C66H129N2O6P. The molecule has 0 aliphatic heterocycles. The third kappa shape index (κ3) is 60.2. The summed E-state index contributed by atoms with van der Waals surface area (Å²) in [5.41, 5.74) is 0. The highest BCUT2D eigenvalue weighted by Crippen LogP contribution is 2.38. The molecule has 0 rings (SSSR count). The fraction of sp³-hybridized carbons (Fsp3) is 0.894. The van der Waals surface area contributed by atoms with Crippen LogP contribution < -0.4 is 10.2 Å². The maximum Gasteiger partial charge on any atom is 0.268 e. The summed E-state index contributed by atoms with van der Waals surface area (Å²) in [6, 6.07) is -0.885. The third-order valence-electron chi connectivity index (χ3n) is 15.1. The van der Waals surface area contributed by atoms with Gasteiger partial charge >= 0.3 is 0 Å². The first kappa shape index (κ1) is 73.7. The van der Waals surface area contributed by atoms with Crippen molar-refractivity contribution in [2.75, 3.05) is 40.9 Å². The zero-order chi connectivity index (χ0) is 54.9. The molecule has 0 saturated heterocycles. The summed E-state index contributed by atoms with van der Waals surface area (Å²) in [7, 11) is 1.28. The molecule has 3 atom stereocenters. The Morgan fingerprint density at radius 3 is 1.11 bits per heavy atom. The van der Waals surface area contributed by atoms with Crippen molar-refractivity contribution >= 4 is 13.7 Å². The second kappa shape index (κ2) is 57.4. The molecule has 0 spiro atoms. The topological polar surface area (TPSA) is 108 Å². The summed E-state index contributed by atoms with van der Waals surface area (Å²) in [5, 5.41) is 13.9. The van der Waals surface area contributed by atoms with Crippen LogP contribution in [0.5, 0.6) is 0 Å². The van der Waals surface area contributed by atoms with E-state index in [2.05, 4.69) is 43.5 Å². The van der Waals surface area contributed by atoms with Crippen LogP contribution in [0.4, 0.5) is 0 Å². The van der Waals surface area contributed by atoms with Crippen molar-refractivity contribution < 1.29 is 32.9 Å². The summed E-state index contributed by atoms with van der Waals surface area (Å²) in [5.74, 6) is -0.191. The molecule has 0 aromatic heterocycles. The van der Waals surface area contributed by atoms with Gasteiger partial charge in [-0.3, -0.25) is 9.36 Å². The lowest BCUT2D eigenvalue weighted by molar-refractivity contribution is -0.870. The molecule has 75 heavy (non-hydrogen) atoms. The Hall–Kier alpha value is -1.28. The van der Waals surface area contributed by atoms with Crippen LogP contribution in [0.25, 0.3) is 0 Å². The molecule has 0 radical (unpaired) electrons. The highest BCUT2D eigenvalue weighted by atomic mass is 31.2. The number of carbonyl (C=O) groups is 1. The van der Waals surface area contributed by atoms with Crippen molar-refractivity contribution in [2.24, 2.45) is 0 Å². The number of phosphoric acid groups is 1. The molecule has 0 saturated carbocycles. The van der Waals surface area contributed by atoms with Crippen LogP contribution in [0, 0.1) is 0 Å². The molecule has 0 aliphatic rings. The van der Waals surface area contributed by atoms with Crippen LogP contribution >= 0.6 is 7.82 Å². The Kier molecular flexibility index (Phi) is 56.4. The lowest BCUT2D eigenvalue weighted by atomic mass is 10.0. The quantitative estimate of drug-likeness (QED) is 0.0272. The number of likely N-dealkylation sites (N-methyl/N-ethyl adjacent to an activating group) is 1. The van der Waals surface area contributed by atoms with Crippen molar-refractivity contribution in [1.29, 1.82) is 0 Å². The number of rotatable bonds is 61. The molecule has 0 aromatic rings. The summed E-state index contributed by atoms with van der Waals surface area (Å²) >= 11 is 0. The number of hydrogen-bond donors (Lipinski definition) is 2. The zero-order valence-corrected chi connectivity index (χ0v) is 51.7. The minimum absolute atomic E-state index is 0.00112. The van der Waals surface area contributed by atoms with Crippen LogP contribution in [0.2, 0.25) is 0 Å². The minimum Gasteiger partial charge on any atom is -0.756 e. The Morgan fingerprint density at radius 2 is 0.773 bits per heavy atom. The van der Waals surface area contributed by atoms with Gasteiger partial charge < -0.3 is 28.8 Å². The van der Waals surface area contributed by atoms with Crippen LogP contribution in [-0.4, -0.2) is 68.5 Å². The van der Waals surface area contributed by atoms with Gasteiger partial charge in [-0.25, -0.2) is 0 Å². The molecule has 1 amide bonds. The van der Waals surface area contributed by atoms with Crippen LogP contribution in [0.1, 0.15) is 328 Å². The van der Waals surface area contributed by atoms with E-state index < -0.39 is 20.0 Å². The first-order valence-corrected chi connectivity index (χ1v) is 34.3. The highest BCUT2D eigenvalue weighted by molar-refractivity contribution is 7.45. The van der Waals surface area contributed by atoms with E-state index in [1.165, 1.54) is 263 Å². The van der Waals surface area contributed by atoms with Gasteiger partial charge in [0.1, 0.15) is 13.2 Å². The van der Waals surface area contributed by atoms with Gasteiger partial charge in [-0.1, -0.05) is 307 Å². The van der Waals surface area contributed by atoms with Crippen molar-refractivity contribution in [3.63, 3.8) is 0 Å². The number of amides is 1. The standard InChI is InChI=1S/C66H129N2O6P/c1-6-8-10-12-14-16-18-20-22-24-26-28-29-30-31-32-33-34-35-36-37-38-39-40-42-44-46-48-50-52-54-56-58-60-66(70)67-64(63-74-75(71,72)73-62-61-68(3,4)5)65(69)59-57-55-53-51-49-47-45-43-41-27-25-23-21-19-17-15-13-11-9-7-2/h18,20,24,26,57,59,64-65,69H,6-17,19,21-23,25,27-56,58,60-63H2,1-5H3,(H-,67,70,71,72)/b20-18-,26-24-,59-57+. The molecule has 0 fully saturated rings. The van der Waals surface area contributed by atoms with Crippen LogP contribution in [-0.2, 0) is 18.4 Å². The molecule has 2 N–H and O–H groups in total. The van der Waals surface area contributed by atoms with Gasteiger partial charge in [-0.15, -0.1) is 0 Å². The van der Waals surface area contributed by atoms with Crippen molar-refractivity contribution in [3.8, 4) is 0 Å². The average Bonchev–Trinajstić information content (AvgIpc) is 3.37. The normalized spacial score (nSPS) is 14.0. The van der Waals surface area contributed by atoms with Gasteiger partial charge in [0.25, 0.3) is 7.82 Å². The molecule has 3 unspecified atom stereocenters. The van der Waals surface area contributed by atoms with E-state index in [-0.39, 0.29) is 19.1 Å². The van der Waals surface area contributed by atoms with Gasteiger partial charge in [0.15, 0.2) is 0 Å².